The average Bonchev–Trinajstić information content (AvgIpc) is 3.82. The maximum atomic E-state index is 6.71. The van der Waals surface area contributed by atoms with Gasteiger partial charge in [0.1, 0.15) is 11.2 Å². The summed E-state index contributed by atoms with van der Waals surface area (Å²) in [4.78, 5) is 15.4. The molecule has 3 aromatic heterocycles. The molecular weight excluding hydrogens is 697 g/mol. The lowest BCUT2D eigenvalue weighted by atomic mass is 9.86. The molecule has 0 aliphatic heterocycles. The van der Waals surface area contributed by atoms with Gasteiger partial charge < -0.3 is 8.98 Å². The summed E-state index contributed by atoms with van der Waals surface area (Å²) in [5.74, 6) is 2.27. The molecule has 10 aromatic rings. The first-order chi connectivity index (χ1) is 28.2. The monoisotopic (exact) mass is 732 g/mol. The largest absolute Gasteiger partial charge is 0.455 e. The van der Waals surface area contributed by atoms with Crippen LogP contribution in [0.2, 0.25) is 0 Å². The smallest absolute Gasteiger partial charge is 0.164 e. The fraction of sp³-hybridized carbons (Fsp3) is 0.0577. The highest BCUT2D eigenvalue weighted by atomic mass is 16.3. The Labute approximate surface area is 329 Å². The first kappa shape index (κ1) is 33.0. The summed E-state index contributed by atoms with van der Waals surface area (Å²) in [5, 5.41) is 4.50. The molecule has 0 fully saturated rings. The van der Waals surface area contributed by atoms with Crippen molar-refractivity contribution in [2.75, 3.05) is 0 Å². The van der Waals surface area contributed by atoms with Crippen LogP contribution < -0.4 is 0 Å². The summed E-state index contributed by atoms with van der Waals surface area (Å²) in [6.07, 6.45) is 7.67. The summed E-state index contributed by atoms with van der Waals surface area (Å²) in [6.45, 7) is 2.29. The van der Waals surface area contributed by atoms with E-state index in [1.165, 1.54) is 5.57 Å². The number of aromatic nitrogens is 4. The standard InChI is InChI=1S/C52H36N4O/c1-33-16-15-23-37(30-33)43-32-38(52-54-50(35-19-7-3-8-20-35)53-51(55-52)36-21-9-4-10-22-36)31-42(34-17-5-2-6-18-34)48(43)56-44-26-13-11-25-41(44)47-45(56)29-28-40-39-24-12-14-27-46(39)57-49(40)47/h2-29,31-33H,30H2,1H3. The van der Waals surface area contributed by atoms with E-state index in [1.807, 2.05) is 42.5 Å². The second kappa shape index (κ2) is 13.4. The van der Waals surface area contributed by atoms with Gasteiger partial charge in [-0.15, -0.1) is 0 Å². The predicted octanol–water partition coefficient (Wildman–Crippen LogP) is 13.5. The van der Waals surface area contributed by atoms with E-state index in [0.717, 1.165) is 89.2 Å². The van der Waals surface area contributed by atoms with Crippen LogP contribution in [0, 0.1) is 5.92 Å². The molecule has 1 aliphatic carbocycles. The highest BCUT2D eigenvalue weighted by Gasteiger charge is 2.26. The SMILES string of the molecule is CC1C=CC=C(c2cc(-c3nc(-c4ccccc4)nc(-c4ccccc4)n3)cc(-c3ccccc3)c2-n2c3ccccc3c3c4oc5ccccc5c4ccc32)C1. The molecule has 5 nitrogen and oxygen atoms in total. The molecule has 1 atom stereocenters. The van der Waals surface area contributed by atoms with Crippen molar-refractivity contribution in [1.82, 2.24) is 19.5 Å². The number of hydrogen-bond donors (Lipinski definition) is 0. The topological polar surface area (TPSA) is 56.7 Å². The molecule has 0 bridgehead atoms. The maximum absolute atomic E-state index is 6.71. The molecular formula is C52H36N4O. The first-order valence-corrected chi connectivity index (χ1v) is 19.5. The van der Waals surface area contributed by atoms with Crippen LogP contribution in [0.1, 0.15) is 18.9 Å². The van der Waals surface area contributed by atoms with Crippen LogP contribution >= 0.6 is 0 Å². The van der Waals surface area contributed by atoms with E-state index in [9.17, 15) is 0 Å². The number of para-hydroxylation sites is 2. The molecule has 0 N–H and O–H groups in total. The van der Waals surface area contributed by atoms with Crippen molar-refractivity contribution in [2.24, 2.45) is 5.92 Å². The van der Waals surface area contributed by atoms with Gasteiger partial charge >= 0.3 is 0 Å². The lowest BCUT2D eigenvalue weighted by molar-refractivity contribution is 0.673. The van der Waals surface area contributed by atoms with Crippen LogP contribution in [-0.2, 0) is 0 Å². The second-order valence-corrected chi connectivity index (χ2v) is 14.9. The molecule has 0 spiro atoms. The molecule has 7 aromatic carbocycles. The lowest BCUT2D eigenvalue weighted by Crippen LogP contribution is -2.07. The Morgan fingerprint density at radius 3 is 1.79 bits per heavy atom. The molecule has 1 unspecified atom stereocenters. The fourth-order valence-corrected chi connectivity index (χ4v) is 8.54. The van der Waals surface area contributed by atoms with Gasteiger partial charge in [0.05, 0.1) is 22.1 Å². The predicted molar refractivity (Wildman–Crippen MR) is 234 cm³/mol. The Hall–Kier alpha value is -7.37. The minimum atomic E-state index is 0.376. The Morgan fingerprint density at radius 2 is 1.11 bits per heavy atom. The fourth-order valence-electron chi connectivity index (χ4n) is 8.54. The highest BCUT2D eigenvalue weighted by Crippen LogP contribution is 2.46. The van der Waals surface area contributed by atoms with E-state index < -0.39 is 0 Å². The van der Waals surface area contributed by atoms with Crippen molar-refractivity contribution >= 4 is 49.3 Å². The highest BCUT2D eigenvalue weighted by molar-refractivity contribution is 6.24. The van der Waals surface area contributed by atoms with Gasteiger partial charge in [0.2, 0.25) is 0 Å². The summed E-state index contributed by atoms with van der Waals surface area (Å²) in [7, 11) is 0. The molecule has 57 heavy (non-hydrogen) atoms. The third kappa shape index (κ3) is 5.58. The van der Waals surface area contributed by atoms with Crippen molar-refractivity contribution in [3.8, 4) is 51.0 Å². The zero-order valence-electron chi connectivity index (χ0n) is 31.3. The van der Waals surface area contributed by atoms with Gasteiger partial charge in [0, 0.05) is 44.0 Å². The van der Waals surface area contributed by atoms with Crippen LogP contribution in [0.25, 0.3) is 100 Å². The number of furan rings is 1. The third-order valence-electron chi connectivity index (χ3n) is 11.2. The summed E-state index contributed by atoms with van der Waals surface area (Å²) in [5.41, 5.74) is 12.5. The van der Waals surface area contributed by atoms with E-state index in [4.69, 9.17) is 19.4 Å². The number of hydrogen-bond acceptors (Lipinski definition) is 4. The van der Waals surface area contributed by atoms with Crippen LogP contribution in [0.4, 0.5) is 0 Å². The van der Waals surface area contributed by atoms with Gasteiger partial charge in [-0.25, -0.2) is 15.0 Å². The van der Waals surface area contributed by atoms with E-state index in [-0.39, 0.29) is 0 Å². The summed E-state index contributed by atoms with van der Waals surface area (Å²) >= 11 is 0. The van der Waals surface area contributed by atoms with Crippen LogP contribution in [0.5, 0.6) is 0 Å². The third-order valence-corrected chi connectivity index (χ3v) is 11.2. The lowest BCUT2D eigenvalue weighted by Gasteiger charge is -2.24. The van der Waals surface area contributed by atoms with E-state index >= 15 is 0 Å². The van der Waals surface area contributed by atoms with E-state index in [2.05, 4.69) is 151 Å². The molecule has 1 aliphatic rings. The Kier molecular flexibility index (Phi) is 7.78. The molecule has 5 heteroatoms. The Balaban J connectivity index is 1.26. The Morgan fingerprint density at radius 1 is 0.526 bits per heavy atom. The zero-order valence-corrected chi connectivity index (χ0v) is 31.3. The van der Waals surface area contributed by atoms with Gasteiger partial charge in [-0.3, -0.25) is 0 Å². The number of allylic oxidation sites excluding steroid dienone is 4. The molecule has 270 valence electrons. The Bertz CT molecular complexity index is 3150. The molecule has 0 radical (unpaired) electrons. The molecule has 11 rings (SSSR count). The van der Waals surface area contributed by atoms with Gasteiger partial charge in [-0.1, -0.05) is 153 Å². The summed E-state index contributed by atoms with van der Waals surface area (Å²) in [6, 6.07) is 57.2. The number of fused-ring (bicyclic) bond motifs is 7. The quantitative estimate of drug-likeness (QED) is 0.171. The van der Waals surface area contributed by atoms with E-state index in [0.29, 0.717) is 23.4 Å². The van der Waals surface area contributed by atoms with E-state index in [1.54, 1.807) is 0 Å². The minimum absolute atomic E-state index is 0.376. The number of benzene rings is 7. The summed E-state index contributed by atoms with van der Waals surface area (Å²) < 4.78 is 9.17. The maximum Gasteiger partial charge on any atom is 0.164 e. The van der Waals surface area contributed by atoms with Crippen LogP contribution in [0.15, 0.2) is 186 Å². The van der Waals surface area contributed by atoms with Crippen molar-refractivity contribution in [1.29, 1.82) is 0 Å². The van der Waals surface area contributed by atoms with Crippen molar-refractivity contribution < 1.29 is 4.42 Å². The average molecular weight is 733 g/mol. The normalized spacial score (nSPS) is 14.2. The minimum Gasteiger partial charge on any atom is -0.455 e. The molecule has 0 amide bonds. The van der Waals surface area contributed by atoms with Crippen LogP contribution in [-0.4, -0.2) is 19.5 Å². The second-order valence-electron chi connectivity index (χ2n) is 14.9. The molecule has 0 saturated carbocycles. The molecule has 3 heterocycles. The van der Waals surface area contributed by atoms with Crippen molar-refractivity contribution in [2.45, 2.75) is 13.3 Å². The zero-order chi connectivity index (χ0) is 37.9. The van der Waals surface area contributed by atoms with Gasteiger partial charge in [0.15, 0.2) is 17.5 Å². The van der Waals surface area contributed by atoms with Crippen molar-refractivity contribution in [3.63, 3.8) is 0 Å². The van der Waals surface area contributed by atoms with Crippen molar-refractivity contribution in [3.05, 3.63) is 188 Å². The number of rotatable bonds is 6. The van der Waals surface area contributed by atoms with Gasteiger partial charge in [-0.2, -0.15) is 0 Å². The van der Waals surface area contributed by atoms with Gasteiger partial charge in [-0.05, 0) is 59.9 Å². The first-order valence-electron chi connectivity index (χ1n) is 19.5. The van der Waals surface area contributed by atoms with Gasteiger partial charge in [0.25, 0.3) is 0 Å². The molecule has 0 saturated heterocycles. The van der Waals surface area contributed by atoms with Crippen LogP contribution in [0.3, 0.4) is 0 Å². The number of nitrogens with zero attached hydrogens (tertiary/aromatic N) is 4.